The van der Waals surface area contributed by atoms with Crippen molar-refractivity contribution in [3.8, 4) is 0 Å². The van der Waals surface area contributed by atoms with Gasteiger partial charge in [0.05, 0.1) is 10.6 Å². The van der Waals surface area contributed by atoms with E-state index in [0.29, 0.717) is 10.0 Å². The molecule has 0 saturated heterocycles. The molecule has 0 radical (unpaired) electrons. The van der Waals surface area contributed by atoms with Crippen molar-refractivity contribution in [3.63, 3.8) is 0 Å². The van der Waals surface area contributed by atoms with Crippen molar-refractivity contribution in [3.05, 3.63) is 34.6 Å². The third kappa shape index (κ3) is 3.22. The number of halogens is 2. The number of hydrogen-bond acceptors (Lipinski definition) is 2. The van der Waals surface area contributed by atoms with E-state index in [1.807, 2.05) is 0 Å². The molecular formula is C13H14ClFN2OS. The van der Waals surface area contributed by atoms with Crippen LogP contribution in [0.2, 0.25) is 5.02 Å². The zero-order valence-corrected chi connectivity index (χ0v) is 11.7. The highest BCUT2D eigenvalue weighted by Gasteiger charge is 2.31. The number of thiocarbonyl (C=S) groups is 1. The lowest BCUT2D eigenvalue weighted by molar-refractivity contribution is 0.0929. The summed E-state index contributed by atoms with van der Waals surface area (Å²) in [5.41, 5.74) is 5.59. The van der Waals surface area contributed by atoms with Crippen molar-refractivity contribution in [2.24, 2.45) is 11.7 Å². The molecular weight excluding hydrogens is 287 g/mol. The number of amides is 1. The number of benzene rings is 1. The second-order valence-corrected chi connectivity index (χ2v) is 5.55. The van der Waals surface area contributed by atoms with Gasteiger partial charge in [-0.25, -0.2) is 4.39 Å². The summed E-state index contributed by atoms with van der Waals surface area (Å²) >= 11 is 10.7. The summed E-state index contributed by atoms with van der Waals surface area (Å²) in [6.07, 6.45) is 2.61. The zero-order chi connectivity index (χ0) is 14.0. The molecule has 2 atom stereocenters. The van der Waals surface area contributed by atoms with Gasteiger partial charge >= 0.3 is 0 Å². The van der Waals surface area contributed by atoms with Crippen LogP contribution in [0.25, 0.3) is 0 Å². The second-order valence-electron chi connectivity index (χ2n) is 4.64. The molecule has 1 aromatic rings. The number of carbonyl (C=O) groups is 1. The molecule has 2 unspecified atom stereocenters. The van der Waals surface area contributed by atoms with Crippen LogP contribution in [-0.2, 0) is 0 Å². The molecule has 1 aliphatic carbocycles. The van der Waals surface area contributed by atoms with Gasteiger partial charge in [0.25, 0.3) is 5.91 Å². The first-order valence-electron chi connectivity index (χ1n) is 6.04. The predicted molar refractivity (Wildman–Crippen MR) is 76.8 cm³/mol. The summed E-state index contributed by atoms with van der Waals surface area (Å²) in [5.74, 6) is -1.08. The molecule has 19 heavy (non-hydrogen) atoms. The molecule has 1 saturated carbocycles. The topological polar surface area (TPSA) is 55.1 Å². The summed E-state index contributed by atoms with van der Waals surface area (Å²) in [7, 11) is 0. The summed E-state index contributed by atoms with van der Waals surface area (Å²) in [5, 5.41) is 3.11. The average Bonchev–Trinajstić information content (AvgIpc) is 2.80. The van der Waals surface area contributed by atoms with E-state index in [1.54, 1.807) is 0 Å². The van der Waals surface area contributed by atoms with Crippen LogP contribution < -0.4 is 11.1 Å². The number of rotatable bonds is 3. The van der Waals surface area contributed by atoms with Crippen LogP contribution >= 0.6 is 23.8 Å². The third-order valence-corrected chi connectivity index (χ3v) is 3.91. The van der Waals surface area contributed by atoms with E-state index < -0.39 is 11.7 Å². The lowest BCUT2D eigenvalue weighted by Crippen LogP contribution is -2.42. The minimum Gasteiger partial charge on any atom is -0.393 e. The lowest BCUT2D eigenvalue weighted by atomic mass is 10.0. The van der Waals surface area contributed by atoms with Gasteiger partial charge in [0.1, 0.15) is 5.82 Å². The van der Waals surface area contributed by atoms with Gasteiger partial charge in [-0.2, -0.15) is 0 Å². The number of nitrogens with one attached hydrogen (secondary N) is 1. The molecule has 3 N–H and O–H groups in total. The van der Waals surface area contributed by atoms with Crippen molar-refractivity contribution < 1.29 is 9.18 Å². The van der Waals surface area contributed by atoms with E-state index in [4.69, 9.17) is 29.6 Å². The molecule has 0 aromatic heterocycles. The summed E-state index contributed by atoms with van der Waals surface area (Å²) in [4.78, 5) is 12.4. The van der Waals surface area contributed by atoms with Crippen LogP contribution in [0.5, 0.6) is 0 Å². The van der Waals surface area contributed by atoms with Gasteiger partial charge < -0.3 is 11.1 Å². The molecule has 1 aliphatic rings. The van der Waals surface area contributed by atoms with Crippen molar-refractivity contribution in [1.82, 2.24) is 5.32 Å². The van der Waals surface area contributed by atoms with Crippen molar-refractivity contribution in [2.75, 3.05) is 0 Å². The van der Waals surface area contributed by atoms with Crippen molar-refractivity contribution in [1.29, 1.82) is 0 Å². The van der Waals surface area contributed by atoms with E-state index in [-0.39, 0.29) is 17.5 Å². The molecule has 0 bridgehead atoms. The summed E-state index contributed by atoms with van der Waals surface area (Å²) < 4.78 is 13.6. The molecule has 102 valence electrons. The number of hydrogen-bond donors (Lipinski definition) is 2. The normalized spacial score (nSPS) is 22.2. The lowest BCUT2D eigenvalue weighted by Gasteiger charge is -2.20. The predicted octanol–water partition coefficient (Wildman–Crippen LogP) is 2.66. The van der Waals surface area contributed by atoms with Crippen LogP contribution in [0.4, 0.5) is 4.39 Å². The summed E-state index contributed by atoms with van der Waals surface area (Å²) in [6, 6.07) is 3.78. The Morgan fingerprint density at radius 3 is 2.89 bits per heavy atom. The first kappa shape index (κ1) is 14.2. The Kier molecular flexibility index (Phi) is 4.37. The molecule has 0 heterocycles. The monoisotopic (exact) mass is 300 g/mol. The van der Waals surface area contributed by atoms with Crippen LogP contribution in [-0.4, -0.2) is 16.9 Å². The van der Waals surface area contributed by atoms with Gasteiger partial charge in [0.15, 0.2) is 0 Å². The molecule has 1 aromatic carbocycles. The number of carbonyl (C=O) groups excluding carboxylic acids is 1. The maximum Gasteiger partial charge on any atom is 0.254 e. The third-order valence-electron chi connectivity index (χ3n) is 3.37. The maximum atomic E-state index is 13.6. The SMILES string of the molecule is NC(=S)C1CCCC1NC(=O)c1cc(Cl)ccc1F. The Labute approximate surface area is 121 Å². The maximum absolute atomic E-state index is 13.6. The fourth-order valence-electron chi connectivity index (χ4n) is 2.39. The Hall–Kier alpha value is -1.20. The first-order chi connectivity index (χ1) is 8.99. The van der Waals surface area contributed by atoms with Gasteiger partial charge in [-0.3, -0.25) is 4.79 Å². The van der Waals surface area contributed by atoms with Gasteiger partial charge in [0.2, 0.25) is 0 Å². The standard InChI is InChI=1S/C13H14ClFN2OS/c14-7-4-5-10(15)9(6-7)13(18)17-11-3-1-2-8(11)12(16)19/h4-6,8,11H,1-3H2,(H2,16,19)(H,17,18). The van der Waals surface area contributed by atoms with Crippen LogP contribution in [0.15, 0.2) is 18.2 Å². The summed E-state index contributed by atoms with van der Waals surface area (Å²) in [6.45, 7) is 0. The smallest absolute Gasteiger partial charge is 0.254 e. The molecule has 3 nitrogen and oxygen atoms in total. The van der Waals surface area contributed by atoms with E-state index >= 15 is 0 Å². The molecule has 0 spiro atoms. The van der Waals surface area contributed by atoms with Crippen molar-refractivity contribution >= 4 is 34.7 Å². The van der Waals surface area contributed by atoms with E-state index in [2.05, 4.69) is 5.32 Å². The zero-order valence-electron chi connectivity index (χ0n) is 10.2. The molecule has 6 heteroatoms. The van der Waals surface area contributed by atoms with Gasteiger partial charge in [-0.05, 0) is 31.0 Å². The Morgan fingerprint density at radius 2 is 2.21 bits per heavy atom. The van der Waals surface area contributed by atoms with Crippen LogP contribution in [0, 0.1) is 11.7 Å². The second kappa shape index (κ2) is 5.84. The fraction of sp³-hybridized carbons (Fsp3) is 0.385. The molecule has 1 amide bonds. The fourth-order valence-corrected chi connectivity index (χ4v) is 2.85. The first-order valence-corrected chi connectivity index (χ1v) is 6.83. The Balaban J connectivity index is 2.12. The highest BCUT2D eigenvalue weighted by atomic mass is 35.5. The average molecular weight is 301 g/mol. The van der Waals surface area contributed by atoms with E-state index in [9.17, 15) is 9.18 Å². The van der Waals surface area contributed by atoms with Crippen LogP contribution in [0.3, 0.4) is 0 Å². The van der Waals surface area contributed by atoms with Gasteiger partial charge in [-0.15, -0.1) is 0 Å². The van der Waals surface area contributed by atoms with Gasteiger partial charge in [0, 0.05) is 17.0 Å². The Morgan fingerprint density at radius 1 is 1.47 bits per heavy atom. The Bertz CT molecular complexity index is 523. The van der Waals surface area contributed by atoms with Crippen molar-refractivity contribution in [2.45, 2.75) is 25.3 Å². The molecule has 0 aliphatic heterocycles. The largest absolute Gasteiger partial charge is 0.393 e. The minimum atomic E-state index is -0.591. The van der Waals surface area contributed by atoms with Crippen LogP contribution in [0.1, 0.15) is 29.6 Å². The van der Waals surface area contributed by atoms with E-state index in [0.717, 1.165) is 19.3 Å². The van der Waals surface area contributed by atoms with Gasteiger partial charge in [-0.1, -0.05) is 30.2 Å². The quantitative estimate of drug-likeness (QED) is 0.844. The molecule has 2 rings (SSSR count). The van der Waals surface area contributed by atoms with E-state index in [1.165, 1.54) is 18.2 Å². The highest BCUT2D eigenvalue weighted by Crippen LogP contribution is 2.26. The highest BCUT2D eigenvalue weighted by molar-refractivity contribution is 7.80. The number of nitrogens with two attached hydrogens (primary N) is 1. The molecule has 1 fully saturated rings. The minimum absolute atomic E-state index is 0.0128.